The van der Waals surface area contributed by atoms with Crippen LogP contribution in [-0.2, 0) is 16.0 Å². The first kappa shape index (κ1) is 17.7. The molecule has 1 atom stereocenters. The first-order chi connectivity index (χ1) is 10.9. The van der Waals surface area contributed by atoms with Crippen LogP contribution in [0.3, 0.4) is 0 Å². The second-order valence-electron chi connectivity index (χ2n) is 5.34. The van der Waals surface area contributed by atoms with Crippen molar-refractivity contribution < 1.29 is 14.6 Å². The molecular weight excluding hydrogens is 336 g/mol. The van der Waals surface area contributed by atoms with E-state index in [2.05, 4.69) is 10.6 Å². The van der Waals surface area contributed by atoms with Crippen molar-refractivity contribution >= 4 is 34.9 Å². The van der Waals surface area contributed by atoms with Gasteiger partial charge in [0, 0.05) is 17.1 Å². The summed E-state index contributed by atoms with van der Waals surface area (Å²) in [6, 6.07) is 5.21. The van der Waals surface area contributed by atoms with Gasteiger partial charge in [-0.3, -0.25) is 0 Å². The molecule has 0 radical (unpaired) electrons. The van der Waals surface area contributed by atoms with Crippen molar-refractivity contribution in [2.45, 2.75) is 26.3 Å². The highest BCUT2D eigenvalue weighted by Crippen LogP contribution is 2.18. The molecule has 0 saturated heterocycles. The van der Waals surface area contributed by atoms with Gasteiger partial charge in [-0.15, -0.1) is 0 Å². The molecule has 7 heteroatoms. The van der Waals surface area contributed by atoms with Crippen molar-refractivity contribution in [1.29, 1.82) is 0 Å². The van der Waals surface area contributed by atoms with Gasteiger partial charge in [0.2, 0.25) is 0 Å². The zero-order valence-electron chi connectivity index (χ0n) is 13.0. The summed E-state index contributed by atoms with van der Waals surface area (Å²) < 4.78 is 5.32. The average Bonchev–Trinajstić information content (AvgIpc) is 2.49. The molecule has 1 aromatic rings. The van der Waals surface area contributed by atoms with Gasteiger partial charge in [0.25, 0.3) is 0 Å². The molecule has 0 bridgehead atoms. The van der Waals surface area contributed by atoms with Crippen LogP contribution in [0.25, 0.3) is 0 Å². The number of ether oxygens (including phenoxy) is 1. The van der Waals surface area contributed by atoms with Gasteiger partial charge in [-0.2, -0.15) is 0 Å². The lowest BCUT2D eigenvalue weighted by Crippen LogP contribution is -2.51. The van der Waals surface area contributed by atoms with Crippen LogP contribution in [0, 0.1) is 6.92 Å². The van der Waals surface area contributed by atoms with Gasteiger partial charge < -0.3 is 20.5 Å². The van der Waals surface area contributed by atoms with Crippen LogP contribution < -0.4 is 10.6 Å². The molecule has 23 heavy (non-hydrogen) atoms. The van der Waals surface area contributed by atoms with E-state index in [1.165, 1.54) is 0 Å². The third kappa shape index (κ3) is 4.43. The molecule has 0 aromatic heterocycles. The maximum atomic E-state index is 12.3. The third-order valence-corrected chi connectivity index (χ3v) is 4.25. The molecule has 3 N–H and O–H groups in total. The number of aliphatic hydroxyl groups is 1. The Kier molecular flexibility index (Phi) is 5.98. The van der Waals surface area contributed by atoms with Crippen molar-refractivity contribution in [3.63, 3.8) is 0 Å². The van der Waals surface area contributed by atoms with Crippen molar-refractivity contribution in [3.05, 3.63) is 45.6 Å². The molecule has 1 aromatic carbocycles. The SMILES string of the molecule is CC1=C(C(=O)OCCc2ccc(C)c(Cl)c2)C(CO)NC(=S)N1. The van der Waals surface area contributed by atoms with Crippen LogP contribution in [0.15, 0.2) is 29.5 Å². The minimum Gasteiger partial charge on any atom is -0.462 e. The molecule has 0 aliphatic carbocycles. The normalized spacial score (nSPS) is 17.6. The molecule has 124 valence electrons. The lowest BCUT2D eigenvalue weighted by Gasteiger charge is -2.28. The Morgan fingerprint density at radius 3 is 2.83 bits per heavy atom. The van der Waals surface area contributed by atoms with Gasteiger partial charge in [0.15, 0.2) is 5.11 Å². The number of carbonyl (C=O) groups is 1. The van der Waals surface area contributed by atoms with Crippen molar-refractivity contribution in [3.8, 4) is 0 Å². The number of thiocarbonyl (C=S) groups is 1. The summed E-state index contributed by atoms with van der Waals surface area (Å²) in [6.45, 7) is 3.66. The molecule has 1 heterocycles. The molecule has 5 nitrogen and oxygen atoms in total. The minimum atomic E-state index is -0.551. The molecule has 1 aliphatic rings. The predicted molar refractivity (Wildman–Crippen MR) is 93.3 cm³/mol. The topological polar surface area (TPSA) is 70.6 Å². The van der Waals surface area contributed by atoms with Crippen LogP contribution in [0.5, 0.6) is 0 Å². The van der Waals surface area contributed by atoms with E-state index >= 15 is 0 Å². The fourth-order valence-electron chi connectivity index (χ4n) is 2.33. The maximum Gasteiger partial charge on any atom is 0.337 e. The Morgan fingerprint density at radius 2 is 2.17 bits per heavy atom. The monoisotopic (exact) mass is 354 g/mol. The lowest BCUT2D eigenvalue weighted by molar-refractivity contribution is -0.139. The van der Waals surface area contributed by atoms with E-state index in [0.29, 0.717) is 27.8 Å². The largest absolute Gasteiger partial charge is 0.462 e. The van der Waals surface area contributed by atoms with Gasteiger partial charge in [0.1, 0.15) is 0 Å². The number of benzene rings is 1. The van der Waals surface area contributed by atoms with E-state index in [-0.39, 0.29) is 13.2 Å². The number of hydrogen-bond donors (Lipinski definition) is 3. The van der Waals surface area contributed by atoms with Crippen LogP contribution in [0.1, 0.15) is 18.1 Å². The highest BCUT2D eigenvalue weighted by molar-refractivity contribution is 7.80. The number of rotatable bonds is 5. The molecule has 0 fully saturated rings. The highest BCUT2D eigenvalue weighted by Gasteiger charge is 2.28. The van der Waals surface area contributed by atoms with Crippen molar-refractivity contribution in [2.24, 2.45) is 0 Å². The first-order valence-electron chi connectivity index (χ1n) is 7.23. The molecule has 1 aliphatic heterocycles. The van der Waals surface area contributed by atoms with Gasteiger partial charge in [-0.1, -0.05) is 23.7 Å². The summed E-state index contributed by atoms with van der Waals surface area (Å²) in [7, 11) is 0. The smallest absolute Gasteiger partial charge is 0.337 e. The van der Waals surface area contributed by atoms with E-state index in [1.807, 2.05) is 25.1 Å². The average molecular weight is 355 g/mol. The zero-order valence-corrected chi connectivity index (χ0v) is 14.6. The number of allylic oxidation sites excluding steroid dienone is 1. The molecule has 0 amide bonds. The molecule has 2 rings (SSSR count). The Labute approximate surface area is 145 Å². The number of aryl methyl sites for hydroxylation is 1. The first-order valence-corrected chi connectivity index (χ1v) is 8.02. The maximum absolute atomic E-state index is 12.3. The van der Waals surface area contributed by atoms with Crippen LogP contribution in [0.2, 0.25) is 5.02 Å². The van der Waals surface area contributed by atoms with E-state index in [9.17, 15) is 9.90 Å². The Balaban J connectivity index is 1.97. The fourth-order valence-corrected chi connectivity index (χ4v) is 2.83. The van der Waals surface area contributed by atoms with Crippen LogP contribution in [0.4, 0.5) is 0 Å². The zero-order chi connectivity index (χ0) is 17.0. The summed E-state index contributed by atoms with van der Waals surface area (Å²) in [6.07, 6.45) is 0.571. The quantitative estimate of drug-likeness (QED) is 0.553. The van der Waals surface area contributed by atoms with E-state index in [1.54, 1.807) is 6.92 Å². The number of esters is 1. The van der Waals surface area contributed by atoms with Gasteiger partial charge in [-0.05, 0) is 43.3 Å². The second kappa shape index (κ2) is 7.77. The molecule has 0 spiro atoms. The Bertz CT molecular complexity index is 661. The number of carbonyl (C=O) groups excluding carboxylic acids is 1. The Hall–Kier alpha value is -1.63. The summed E-state index contributed by atoms with van der Waals surface area (Å²) in [5.74, 6) is -0.470. The fraction of sp³-hybridized carbons (Fsp3) is 0.375. The number of nitrogens with one attached hydrogen (secondary N) is 2. The summed E-state index contributed by atoms with van der Waals surface area (Å²) >= 11 is 11.1. The van der Waals surface area contributed by atoms with Gasteiger partial charge in [-0.25, -0.2) is 4.79 Å². The van der Waals surface area contributed by atoms with E-state index in [0.717, 1.165) is 11.1 Å². The number of hydrogen-bond acceptors (Lipinski definition) is 4. The lowest BCUT2D eigenvalue weighted by atomic mass is 10.0. The summed E-state index contributed by atoms with van der Waals surface area (Å²) in [4.78, 5) is 12.3. The standard InChI is InChI=1S/C16H19ClN2O3S/c1-9-3-4-11(7-12(9)17)5-6-22-15(21)14-10(2)18-16(23)19-13(14)8-20/h3-4,7,13,20H,5-6,8H2,1-2H3,(H2,18,19,23). The molecule has 0 saturated carbocycles. The summed E-state index contributed by atoms with van der Waals surface area (Å²) in [5.41, 5.74) is 2.97. The van der Waals surface area contributed by atoms with Crippen LogP contribution in [-0.4, -0.2) is 35.4 Å². The molecule has 1 unspecified atom stereocenters. The van der Waals surface area contributed by atoms with Crippen molar-refractivity contribution in [1.82, 2.24) is 10.6 Å². The number of aliphatic hydroxyl groups excluding tert-OH is 1. The second-order valence-corrected chi connectivity index (χ2v) is 6.16. The van der Waals surface area contributed by atoms with Gasteiger partial charge >= 0.3 is 5.97 Å². The highest BCUT2D eigenvalue weighted by atomic mass is 35.5. The minimum absolute atomic E-state index is 0.234. The van der Waals surface area contributed by atoms with E-state index in [4.69, 9.17) is 28.6 Å². The van der Waals surface area contributed by atoms with Gasteiger partial charge in [0.05, 0.1) is 24.8 Å². The summed E-state index contributed by atoms with van der Waals surface area (Å²) in [5, 5.41) is 16.2. The van der Waals surface area contributed by atoms with E-state index < -0.39 is 12.0 Å². The predicted octanol–water partition coefficient (Wildman–Crippen LogP) is 1.85. The third-order valence-electron chi connectivity index (χ3n) is 3.62. The Morgan fingerprint density at radius 1 is 1.43 bits per heavy atom. The molecular formula is C16H19ClN2O3S. The number of halogens is 1. The van der Waals surface area contributed by atoms with Crippen LogP contribution >= 0.6 is 23.8 Å². The van der Waals surface area contributed by atoms with Crippen molar-refractivity contribution in [2.75, 3.05) is 13.2 Å².